The Bertz CT molecular complexity index is 1190. The van der Waals surface area contributed by atoms with Crippen molar-refractivity contribution in [3.8, 4) is 5.75 Å². The molecule has 0 bridgehead atoms. The average Bonchev–Trinajstić information content (AvgIpc) is 2.78. The van der Waals surface area contributed by atoms with E-state index in [2.05, 4.69) is 0 Å². The number of ether oxygens (including phenoxy) is 1. The van der Waals surface area contributed by atoms with E-state index in [1.54, 1.807) is 66.7 Å². The van der Waals surface area contributed by atoms with Crippen molar-refractivity contribution in [2.45, 2.75) is 6.92 Å². The van der Waals surface area contributed by atoms with Gasteiger partial charge in [0.15, 0.2) is 0 Å². The molecule has 1 aliphatic heterocycles. The highest BCUT2D eigenvalue weighted by Crippen LogP contribution is 2.34. The predicted molar refractivity (Wildman–Crippen MR) is 115 cm³/mol. The third-order valence-corrected chi connectivity index (χ3v) is 4.95. The van der Waals surface area contributed by atoms with Crippen molar-refractivity contribution < 1.29 is 24.2 Å². The maximum absolute atomic E-state index is 13.4. The quantitative estimate of drug-likeness (QED) is 0.475. The van der Waals surface area contributed by atoms with Crippen molar-refractivity contribution in [2.75, 3.05) is 11.5 Å². The molecule has 6 nitrogen and oxygen atoms in total. The molecule has 0 unspecified atom stereocenters. The van der Waals surface area contributed by atoms with Gasteiger partial charge in [-0.2, -0.15) is 0 Å². The fourth-order valence-electron chi connectivity index (χ4n) is 3.47. The van der Waals surface area contributed by atoms with Crippen LogP contribution in [0.25, 0.3) is 11.6 Å². The first-order valence-corrected chi connectivity index (χ1v) is 9.73. The third kappa shape index (κ3) is 3.83. The van der Waals surface area contributed by atoms with E-state index < -0.39 is 17.8 Å². The minimum atomic E-state index is -1.27. The Kier molecular flexibility index (Phi) is 5.37. The molecule has 0 N–H and O–H groups in total. The van der Waals surface area contributed by atoms with Gasteiger partial charge in [0.25, 0.3) is 11.8 Å². The highest BCUT2D eigenvalue weighted by molar-refractivity contribution is 6.43. The highest BCUT2D eigenvalue weighted by atomic mass is 16.5. The van der Waals surface area contributed by atoms with E-state index in [9.17, 15) is 19.5 Å². The molecule has 0 aliphatic carbocycles. The van der Waals surface area contributed by atoms with Crippen molar-refractivity contribution in [3.05, 3.63) is 95.1 Å². The normalized spacial score (nSPS) is 14.5. The molecule has 0 radical (unpaired) electrons. The number of hydrogen-bond donors (Lipinski definition) is 0. The number of fused-ring (bicyclic) bond motifs is 1. The fraction of sp³-hybridized carbons (Fsp3) is 0.0800. The minimum absolute atomic E-state index is 0.0451. The maximum Gasteiger partial charge on any atom is 0.265 e. The van der Waals surface area contributed by atoms with E-state index in [1.807, 2.05) is 6.92 Å². The van der Waals surface area contributed by atoms with Gasteiger partial charge in [0.05, 0.1) is 18.3 Å². The van der Waals surface area contributed by atoms with Crippen molar-refractivity contribution in [1.82, 2.24) is 0 Å². The SMILES string of the molecule is CCOc1ccc(N2C(=O)/C(=C\c3ccc(C(=O)[O-])cc3)c3ccccc3C2=O)cc1. The molecule has 154 valence electrons. The summed E-state index contributed by atoms with van der Waals surface area (Å²) in [4.78, 5) is 38.6. The zero-order valence-electron chi connectivity index (χ0n) is 16.7. The lowest BCUT2D eigenvalue weighted by Gasteiger charge is -2.28. The monoisotopic (exact) mass is 412 g/mol. The number of amides is 2. The van der Waals surface area contributed by atoms with Gasteiger partial charge >= 0.3 is 0 Å². The van der Waals surface area contributed by atoms with Gasteiger partial charge in [-0.1, -0.05) is 42.5 Å². The van der Waals surface area contributed by atoms with Crippen LogP contribution in [0.2, 0.25) is 0 Å². The molecule has 0 saturated carbocycles. The van der Waals surface area contributed by atoms with Gasteiger partial charge in [0.1, 0.15) is 5.75 Å². The molecule has 31 heavy (non-hydrogen) atoms. The lowest BCUT2D eigenvalue weighted by Crippen LogP contribution is -2.41. The Morgan fingerprint density at radius 1 is 0.903 bits per heavy atom. The molecule has 0 atom stereocenters. The molecule has 0 saturated heterocycles. The van der Waals surface area contributed by atoms with E-state index in [0.717, 1.165) is 4.90 Å². The zero-order chi connectivity index (χ0) is 22.0. The summed E-state index contributed by atoms with van der Waals surface area (Å²) in [6.45, 7) is 2.39. The van der Waals surface area contributed by atoms with Crippen LogP contribution < -0.4 is 14.7 Å². The lowest BCUT2D eigenvalue weighted by molar-refractivity contribution is -0.255. The zero-order valence-corrected chi connectivity index (χ0v) is 16.7. The number of aromatic carboxylic acids is 1. The summed E-state index contributed by atoms with van der Waals surface area (Å²) in [5.74, 6) is -1.50. The van der Waals surface area contributed by atoms with Gasteiger partial charge in [-0.15, -0.1) is 0 Å². The van der Waals surface area contributed by atoms with Crippen molar-refractivity contribution in [3.63, 3.8) is 0 Å². The molecule has 0 fully saturated rings. The molecular weight excluding hydrogens is 394 g/mol. The van der Waals surface area contributed by atoms with E-state index in [1.165, 1.54) is 12.1 Å². The van der Waals surface area contributed by atoms with Crippen LogP contribution >= 0.6 is 0 Å². The molecule has 6 heteroatoms. The molecule has 1 heterocycles. The summed E-state index contributed by atoms with van der Waals surface area (Å²) >= 11 is 0. The first-order chi connectivity index (χ1) is 15.0. The summed E-state index contributed by atoms with van der Waals surface area (Å²) in [5.41, 5.74) is 2.39. The van der Waals surface area contributed by atoms with Gasteiger partial charge in [-0.25, -0.2) is 4.90 Å². The number of benzene rings is 3. The number of nitrogens with zero attached hydrogens (tertiary/aromatic N) is 1. The number of carbonyl (C=O) groups is 3. The second kappa shape index (κ2) is 8.28. The van der Waals surface area contributed by atoms with Crippen molar-refractivity contribution >= 4 is 35.1 Å². The summed E-state index contributed by atoms with van der Waals surface area (Å²) in [6, 6.07) is 19.7. The minimum Gasteiger partial charge on any atom is -0.545 e. The van der Waals surface area contributed by atoms with E-state index in [4.69, 9.17) is 4.74 Å². The molecule has 4 rings (SSSR count). The van der Waals surface area contributed by atoms with Crippen LogP contribution in [0.5, 0.6) is 5.75 Å². The Balaban J connectivity index is 1.79. The summed E-state index contributed by atoms with van der Waals surface area (Å²) in [7, 11) is 0. The second-order valence-corrected chi connectivity index (χ2v) is 6.89. The fourth-order valence-corrected chi connectivity index (χ4v) is 3.47. The number of carboxylic acids is 1. The van der Waals surface area contributed by atoms with E-state index >= 15 is 0 Å². The van der Waals surface area contributed by atoms with Gasteiger partial charge in [0.2, 0.25) is 0 Å². The average molecular weight is 412 g/mol. The molecule has 3 aromatic carbocycles. The van der Waals surface area contributed by atoms with Crippen LogP contribution in [0.4, 0.5) is 5.69 Å². The topological polar surface area (TPSA) is 86.7 Å². The molecular formula is C25H18NO5-. The Morgan fingerprint density at radius 2 is 1.55 bits per heavy atom. The van der Waals surface area contributed by atoms with Crippen molar-refractivity contribution in [2.24, 2.45) is 0 Å². The second-order valence-electron chi connectivity index (χ2n) is 6.89. The van der Waals surface area contributed by atoms with Crippen LogP contribution in [-0.4, -0.2) is 24.4 Å². The lowest BCUT2D eigenvalue weighted by atomic mass is 9.91. The Hall–Kier alpha value is -4.19. The predicted octanol–water partition coefficient (Wildman–Crippen LogP) is 3.18. The summed E-state index contributed by atoms with van der Waals surface area (Å²) in [6.07, 6.45) is 1.65. The first kappa shape index (κ1) is 20.1. The third-order valence-electron chi connectivity index (χ3n) is 4.95. The summed E-state index contributed by atoms with van der Waals surface area (Å²) < 4.78 is 5.44. The standard InChI is InChI=1S/C25H19NO5/c1-2-31-19-13-11-18(12-14-19)26-23(27)21-6-4-3-5-20(21)22(24(26)28)15-16-7-9-17(10-8-16)25(29)30/h3-15H,2H2,1H3,(H,29,30)/p-1/b22-15-. The number of imide groups is 1. The maximum atomic E-state index is 13.4. The van der Waals surface area contributed by atoms with E-state index in [0.29, 0.717) is 40.3 Å². The largest absolute Gasteiger partial charge is 0.545 e. The van der Waals surface area contributed by atoms with Crippen LogP contribution in [0.15, 0.2) is 72.8 Å². The van der Waals surface area contributed by atoms with Crippen LogP contribution in [0.1, 0.15) is 38.8 Å². The van der Waals surface area contributed by atoms with Gasteiger partial charge in [-0.3, -0.25) is 9.59 Å². The number of rotatable bonds is 5. The number of carbonyl (C=O) groups excluding carboxylic acids is 3. The first-order valence-electron chi connectivity index (χ1n) is 9.73. The number of carboxylic acid groups (broad SMARTS) is 1. The Morgan fingerprint density at radius 3 is 2.16 bits per heavy atom. The van der Waals surface area contributed by atoms with E-state index in [-0.39, 0.29) is 5.56 Å². The van der Waals surface area contributed by atoms with Crippen LogP contribution in [0, 0.1) is 0 Å². The Labute approximate surface area is 179 Å². The highest BCUT2D eigenvalue weighted by Gasteiger charge is 2.35. The van der Waals surface area contributed by atoms with Gasteiger partial charge in [0, 0.05) is 11.1 Å². The van der Waals surface area contributed by atoms with Gasteiger partial charge in [-0.05, 0) is 60.0 Å². The molecule has 0 spiro atoms. The van der Waals surface area contributed by atoms with Gasteiger partial charge < -0.3 is 14.6 Å². The molecule has 0 aromatic heterocycles. The smallest absolute Gasteiger partial charge is 0.265 e. The van der Waals surface area contributed by atoms with Crippen molar-refractivity contribution in [1.29, 1.82) is 0 Å². The van der Waals surface area contributed by atoms with Crippen LogP contribution in [-0.2, 0) is 4.79 Å². The van der Waals surface area contributed by atoms with Crippen LogP contribution in [0.3, 0.4) is 0 Å². The summed E-state index contributed by atoms with van der Waals surface area (Å²) in [5, 5.41) is 11.0. The molecule has 3 aromatic rings. The molecule has 2 amide bonds. The molecule has 1 aliphatic rings. The number of hydrogen-bond acceptors (Lipinski definition) is 5. The number of anilines is 1.